The topological polar surface area (TPSA) is 43.9 Å². The van der Waals surface area contributed by atoms with Gasteiger partial charge < -0.3 is 9.80 Å². The fourth-order valence-electron chi connectivity index (χ4n) is 4.07. The van der Waals surface area contributed by atoms with Gasteiger partial charge >= 0.3 is 0 Å². The van der Waals surface area contributed by atoms with Crippen LogP contribution in [-0.4, -0.2) is 65.3 Å². The summed E-state index contributed by atoms with van der Waals surface area (Å²) in [6.45, 7) is 8.80. The van der Waals surface area contributed by atoms with E-state index in [0.29, 0.717) is 38.5 Å². The van der Waals surface area contributed by atoms with E-state index in [1.165, 1.54) is 5.56 Å². The van der Waals surface area contributed by atoms with Gasteiger partial charge in [-0.15, -0.1) is 0 Å². The first-order valence-corrected chi connectivity index (χ1v) is 10.4. The molecule has 2 amide bonds. The zero-order chi connectivity index (χ0) is 19.2. The van der Waals surface area contributed by atoms with Crippen molar-refractivity contribution in [3.63, 3.8) is 0 Å². The van der Waals surface area contributed by atoms with Gasteiger partial charge in [-0.25, -0.2) is 0 Å². The third kappa shape index (κ3) is 5.32. The summed E-state index contributed by atoms with van der Waals surface area (Å²) in [6.07, 6.45) is 3.59. The highest BCUT2D eigenvalue weighted by Gasteiger charge is 2.35. The predicted molar refractivity (Wildman–Crippen MR) is 107 cm³/mol. The fraction of sp³-hybridized carbons (Fsp3) is 0.636. The van der Waals surface area contributed by atoms with Gasteiger partial charge in [0, 0.05) is 39.1 Å². The Morgan fingerprint density at radius 1 is 1.00 bits per heavy atom. The van der Waals surface area contributed by atoms with Crippen molar-refractivity contribution in [3.05, 3.63) is 35.9 Å². The zero-order valence-electron chi connectivity index (χ0n) is 16.8. The highest BCUT2D eigenvalue weighted by atomic mass is 16.2. The van der Waals surface area contributed by atoms with E-state index >= 15 is 0 Å². The third-order valence-electron chi connectivity index (χ3n) is 5.76. The summed E-state index contributed by atoms with van der Waals surface area (Å²) < 4.78 is 0. The molecule has 0 radical (unpaired) electrons. The number of carbonyl (C=O) groups excluding carboxylic acids is 2. The van der Waals surface area contributed by atoms with Crippen LogP contribution in [0.2, 0.25) is 0 Å². The molecule has 0 bridgehead atoms. The molecule has 2 aliphatic rings. The predicted octanol–water partition coefficient (Wildman–Crippen LogP) is 2.76. The van der Waals surface area contributed by atoms with Gasteiger partial charge in [0.25, 0.3) is 0 Å². The number of likely N-dealkylation sites (tertiary alicyclic amines) is 1. The standard InChI is InChI=1S/C22H33N3O2/c1-18(2)10-11-21(26)23-13-15-24(16-14-23)22(27)20-9-6-12-25(20)17-19-7-4-3-5-8-19/h3-5,7-8,18,20H,6,9-17H2,1-2H3. The molecule has 1 atom stereocenters. The van der Waals surface area contributed by atoms with Gasteiger partial charge in [-0.1, -0.05) is 44.2 Å². The van der Waals surface area contributed by atoms with Crippen molar-refractivity contribution in [2.45, 2.75) is 52.1 Å². The van der Waals surface area contributed by atoms with E-state index in [0.717, 1.165) is 32.4 Å². The molecule has 0 spiro atoms. The van der Waals surface area contributed by atoms with E-state index < -0.39 is 0 Å². The molecule has 2 aliphatic heterocycles. The molecule has 2 fully saturated rings. The molecule has 0 saturated carbocycles. The van der Waals surface area contributed by atoms with Crippen LogP contribution in [0.25, 0.3) is 0 Å². The van der Waals surface area contributed by atoms with Crippen molar-refractivity contribution in [1.82, 2.24) is 14.7 Å². The van der Waals surface area contributed by atoms with Crippen LogP contribution in [-0.2, 0) is 16.1 Å². The molecular weight excluding hydrogens is 338 g/mol. The molecule has 27 heavy (non-hydrogen) atoms. The third-order valence-corrected chi connectivity index (χ3v) is 5.76. The molecule has 0 aromatic heterocycles. The molecule has 2 saturated heterocycles. The van der Waals surface area contributed by atoms with Gasteiger partial charge in [0.2, 0.25) is 11.8 Å². The Hall–Kier alpha value is -1.88. The second-order valence-electron chi connectivity index (χ2n) is 8.25. The first kappa shape index (κ1) is 19.9. The Kier molecular flexibility index (Phi) is 6.89. The van der Waals surface area contributed by atoms with Gasteiger partial charge in [-0.3, -0.25) is 14.5 Å². The highest BCUT2D eigenvalue weighted by Crippen LogP contribution is 2.22. The summed E-state index contributed by atoms with van der Waals surface area (Å²) in [5, 5.41) is 0. The maximum Gasteiger partial charge on any atom is 0.240 e. The normalized spacial score (nSPS) is 21.1. The van der Waals surface area contributed by atoms with Crippen molar-refractivity contribution in [2.24, 2.45) is 5.92 Å². The molecule has 148 valence electrons. The number of hydrogen-bond donors (Lipinski definition) is 0. The minimum absolute atomic E-state index is 0.00611. The number of benzene rings is 1. The first-order chi connectivity index (χ1) is 13.0. The largest absolute Gasteiger partial charge is 0.339 e. The van der Waals surface area contributed by atoms with Crippen LogP contribution >= 0.6 is 0 Å². The number of amides is 2. The van der Waals surface area contributed by atoms with Crippen molar-refractivity contribution >= 4 is 11.8 Å². The van der Waals surface area contributed by atoms with Gasteiger partial charge in [-0.2, -0.15) is 0 Å². The fourth-order valence-corrected chi connectivity index (χ4v) is 4.07. The summed E-state index contributed by atoms with van der Waals surface area (Å²) in [5.41, 5.74) is 1.26. The van der Waals surface area contributed by atoms with E-state index in [-0.39, 0.29) is 17.9 Å². The Morgan fingerprint density at radius 2 is 1.67 bits per heavy atom. The van der Waals surface area contributed by atoms with Crippen LogP contribution in [0.1, 0.15) is 45.1 Å². The molecule has 0 N–H and O–H groups in total. The van der Waals surface area contributed by atoms with E-state index in [1.54, 1.807) is 0 Å². The molecule has 1 aromatic carbocycles. The van der Waals surface area contributed by atoms with E-state index in [9.17, 15) is 9.59 Å². The maximum absolute atomic E-state index is 13.1. The zero-order valence-corrected chi connectivity index (χ0v) is 16.8. The lowest BCUT2D eigenvalue weighted by Crippen LogP contribution is -2.54. The van der Waals surface area contributed by atoms with Crippen molar-refractivity contribution < 1.29 is 9.59 Å². The van der Waals surface area contributed by atoms with Crippen molar-refractivity contribution in [2.75, 3.05) is 32.7 Å². The lowest BCUT2D eigenvalue weighted by Gasteiger charge is -2.37. The Bertz CT molecular complexity index is 624. The van der Waals surface area contributed by atoms with Crippen molar-refractivity contribution in [3.8, 4) is 0 Å². The molecule has 0 aliphatic carbocycles. The second kappa shape index (κ2) is 9.36. The number of nitrogens with zero attached hydrogens (tertiary/aromatic N) is 3. The molecule has 2 heterocycles. The molecule has 5 nitrogen and oxygen atoms in total. The molecular formula is C22H33N3O2. The molecule has 5 heteroatoms. The average molecular weight is 372 g/mol. The first-order valence-electron chi connectivity index (χ1n) is 10.4. The van der Waals surface area contributed by atoms with E-state index in [4.69, 9.17) is 0 Å². The van der Waals surface area contributed by atoms with E-state index in [1.807, 2.05) is 15.9 Å². The van der Waals surface area contributed by atoms with Crippen molar-refractivity contribution in [1.29, 1.82) is 0 Å². The summed E-state index contributed by atoms with van der Waals surface area (Å²) in [4.78, 5) is 31.6. The van der Waals surface area contributed by atoms with Crippen LogP contribution in [0, 0.1) is 5.92 Å². The Morgan fingerprint density at radius 3 is 2.33 bits per heavy atom. The summed E-state index contributed by atoms with van der Waals surface area (Å²) >= 11 is 0. The molecule has 1 aromatic rings. The average Bonchev–Trinajstić information content (AvgIpc) is 3.14. The number of carbonyl (C=O) groups is 2. The SMILES string of the molecule is CC(C)CCC(=O)N1CCN(C(=O)C2CCCN2Cc2ccccc2)CC1. The smallest absolute Gasteiger partial charge is 0.240 e. The summed E-state index contributed by atoms with van der Waals surface area (Å²) in [6, 6.07) is 10.4. The van der Waals surface area contributed by atoms with Gasteiger partial charge in [0.15, 0.2) is 0 Å². The minimum Gasteiger partial charge on any atom is -0.339 e. The lowest BCUT2D eigenvalue weighted by molar-refractivity contribution is -0.142. The van der Waals surface area contributed by atoms with Gasteiger partial charge in [-0.05, 0) is 37.3 Å². The highest BCUT2D eigenvalue weighted by molar-refractivity contribution is 5.83. The summed E-state index contributed by atoms with van der Waals surface area (Å²) in [5.74, 6) is 1.04. The molecule has 1 unspecified atom stereocenters. The van der Waals surface area contributed by atoms with Crippen LogP contribution in [0.3, 0.4) is 0 Å². The van der Waals surface area contributed by atoms with Gasteiger partial charge in [0.1, 0.15) is 0 Å². The monoisotopic (exact) mass is 371 g/mol. The van der Waals surface area contributed by atoms with Crippen LogP contribution < -0.4 is 0 Å². The van der Waals surface area contributed by atoms with Gasteiger partial charge in [0.05, 0.1) is 6.04 Å². The second-order valence-corrected chi connectivity index (χ2v) is 8.25. The minimum atomic E-state index is -0.00611. The number of hydrogen-bond acceptors (Lipinski definition) is 3. The lowest BCUT2D eigenvalue weighted by atomic mass is 10.1. The van der Waals surface area contributed by atoms with E-state index in [2.05, 4.69) is 43.0 Å². The maximum atomic E-state index is 13.1. The Labute approximate surface area is 163 Å². The number of piperazine rings is 1. The molecule has 3 rings (SSSR count). The number of rotatable bonds is 6. The van der Waals surface area contributed by atoms with Crippen LogP contribution in [0.5, 0.6) is 0 Å². The van der Waals surface area contributed by atoms with Crippen LogP contribution in [0.4, 0.5) is 0 Å². The van der Waals surface area contributed by atoms with Crippen LogP contribution in [0.15, 0.2) is 30.3 Å². The summed E-state index contributed by atoms with van der Waals surface area (Å²) in [7, 11) is 0. The Balaban J connectivity index is 1.50. The quantitative estimate of drug-likeness (QED) is 0.772.